The summed E-state index contributed by atoms with van der Waals surface area (Å²) in [6, 6.07) is 18.5. The van der Waals surface area contributed by atoms with Crippen molar-refractivity contribution in [2.24, 2.45) is 5.92 Å². The number of rotatable bonds is 8. The third kappa shape index (κ3) is 5.91. The lowest BCUT2D eigenvalue weighted by molar-refractivity contribution is -0.118. The fourth-order valence-corrected chi connectivity index (χ4v) is 4.88. The summed E-state index contributed by atoms with van der Waals surface area (Å²) in [5, 5.41) is 7.73. The molecule has 0 atom stereocenters. The van der Waals surface area contributed by atoms with E-state index in [0.717, 1.165) is 53.8 Å². The third-order valence-corrected chi connectivity index (χ3v) is 6.90. The average Bonchev–Trinajstić information content (AvgIpc) is 2.82. The van der Waals surface area contributed by atoms with Crippen molar-refractivity contribution in [3.8, 4) is 0 Å². The van der Waals surface area contributed by atoms with Crippen LogP contribution < -0.4 is 15.5 Å². The number of para-hydroxylation sites is 1. The number of hydrogen-bond donors (Lipinski definition) is 2. The molecule has 1 aromatic heterocycles. The summed E-state index contributed by atoms with van der Waals surface area (Å²) in [7, 11) is 4.02. The van der Waals surface area contributed by atoms with E-state index in [1.165, 1.54) is 0 Å². The molecule has 7 heteroatoms. The van der Waals surface area contributed by atoms with E-state index in [-0.39, 0.29) is 5.91 Å². The maximum absolute atomic E-state index is 12.2. The second kappa shape index (κ2) is 10.7. The van der Waals surface area contributed by atoms with Gasteiger partial charge in [0.1, 0.15) is 5.82 Å². The maximum Gasteiger partial charge on any atom is 0.230 e. The molecule has 1 heterocycles. The molecule has 0 saturated heterocycles. The highest BCUT2D eigenvalue weighted by atomic mass is 32.2. The Balaban J connectivity index is 1.24. The number of amides is 1. The van der Waals surface area contributed by atoms with Gasteiger partial charge < -0.3 is 15.5 Å². The van der Waals surface area contributed by atoms with Gasteiger partial charge in [0, 0.05) is 37.0 Å². The quantitative estimate of drug-likeness (QED) is 0.491. The minimum Gasteiger partial charge on any atom is -0.362 e. The molecule has 6 nitrogen and oxygen atoms in total. The highest BCUT2D eigenvalue weighted by molar-refractivity contribution is 8.00. The number of nitrogens with one attached hydrogen (secondary N) is 2. The number of benzene rings is 2. The van der Waals surface area contributed by atoms with Crippen LogP contribution in [0.2, 0.25) is 0 Å². The number of fused-ring (bicyclic) bond motifs is 1. The molecule has 2 aromatic carbocycles. The Morgan fingerprint density at radius 3 is 2.47 bits per heavy atom. The minimum atomic E-state index is 0.111. The molecule has 32 heavy (non-hydrogen) atoms. The largest absolute Gasteiger partial charge is 0.362 e. The van der Waals surface area contributed by atoms with E-state index in [9.17, 15) is 4.79 Å². The Morgan fingerprint density at radius 1 is 1.00 bits per heavy atom. The van der Waals surface area contributed by atoms with Gasteiger partial charge in [-0.15, -0.1) is 11.8 Å². The first-order valence-electron chi connectivity index (χ1n) is 11.2. The first-order chi connectivity index (χ1) is 15.6. The molecule has 4 rings (SSSR count). The number of nitrogens with zero attached hydrogens (tertiary/aromatic N) is 3. The molecule has 0 aliphatic heterocycles. The summed E-state index contributed by atoms with van der Waals surface area (Å²) in [5.74, 6) is 2.74. The Bertz CT molecular complexity index is 1030. The van der Waals surface area contributed by atoms with Gasteiger partial charge >= 0.3 is 0 Å². The van der Waals surface area contributed by atoms with Crippen LogP contribution in [0.15, 0.2) is 59.5 Å². The van der Waals surface area contributed by atoms with Crippen LogP contribution in [0.3, 0.4) is 0 Å². The minimum absolute atomic E-state index is 0.111. The first-order valence-corrected chi connectivity index (χ1v) is 12.2. The van der Waals surface area contributed by atoms with Gasteiger partial charge in [0.25, 0.3) is 0 Å². The molecule has 0 radical (unpaired) electrons. The van der Waals surface area contributed by atoms with Gasteiger partial charge in [0.05, 0.1) is 11.3 Å². The van der Waals surface area contributed by atoms with Crippen LogP contribution in [-0.2, 0) is 4.79 Å². The van der Waals surface area contributed by atoms with Crippen molar-refractivity contribution in [1.82, 2.24) is 15.3 Å². The van der Waals surface area contributed by atoms with Crippen LogP contribution in [-0.4, -0.2) is 48.3 Å². The molecule has 1 amide bonds. The predicted octanol–water partition coefficient (Wildman–Crippen LogP) is 4.58. The molecular formula is C25H31N5OS. The molecule has 1 aliphatic rings. The summed E-state index contributed by atoms with van der Waals surface area (Å²) < 4.78 is 0. The highest BCUT2D eigenvalue weighted by Crippen LogP contribution is 2.28. The van der Waals surface area contributed by atoms with Crippen LogP contribution in [0.1, 0.15) is 25.7 Å². The van der Waals surface area contributed by atoms with Crippen molar-refractivity contribution in [2.75, 3.05) is 36.6 Å². The molecule has 1 saturated carbocycles. The van der Waals surface area contributed by atoms with Crippen molar-refractivity contribution < 1.29 is 4.79 Å². The Labute approximate surface area is 194 Å². The van der Waals surface area contributed by atoms with Crippen LogP contribution in [0.5, 0.6) is 0 Å². The van der Waals surface area contributed by atoms with E-state index >= 15 is 0 Å². The van der Waals surface area contributed by atoms with E-state index < -0.39 is 0 Å². The zero-order valence-electron chi connectivity index (χ0n) is 18.8. The van der Waals surface area contributed by atoms with E-state index in [2.05, 4.69) is 16.7 Å². The lowest BCUT2D eigenvalue weighted by Gasteiger charge is -2.29. The predicted molar refractivity (Wildman–Crippen MR) is 133 cm³/mol. The molecule has 168 valence electrons. The molecule has 3 aromatic rings. The monoisotopic (exact) mass is 449 g/mol. The van der Waals surface area contributed by atoms with Gasteiger partial charge in [-0.05, 0) is 55.9 Å². The standard InChI is InChI=1S/C25H31N5OS/c1-30(2)24-21-10-6-7-11-22(21)28-25(29-24)27-19-14-12-18(13-15-19)16-26-23(31)17-32-20-8-4-3-5-9-20/h3-11,18-19H,12-17H2,1-2H3,(H,26,31)(H,27,28,29). The molecule has 2 N–H and O–H groups in total. The van der Waals surface area contributed by atoms with Crippen molar-refractivity contribution >= 4 is 40.3 Å². The van der Waals surface area contributed by atoms with Crippen molar-refractivity contribution in [2.45, 2.75) is 36.6 Å². The maximum atomic E-state index is 12.2. The van der Waals surface area contributed by atoms with Crippen LogP contribution in [0, 0.1) is 5.92 Å². The second-order valence-electron chi connectivity index (χ2n) is 8.55. The zero-order chi connectivity index (χ0) is 22.3. The topological polar surface area (TPSA) is 70.2 Å². The fourth-order valence-electron chi connectivity index (χ4n) is 4.13. The molecular weight excluding hydrogens is 418 g/mol. The number of carbonyl (C=O) groups is 1. The van der Waals surface area contributed by atoms with Gasteiger partial charge in [0.15, 0.2) is 0 Å². The molecule has 0 spiro atoms. The van der Waals surface area contributed by atoms with Gasteiger partial charge in [-0.3, -0.25) is 4.79 Å². The Kier molecular flexibility index (Phi) is 7.47. The Morgan fingerprint density at radius 2 is 1.72 bits per heavy atom. The van der Waals surface area contributed by atoms with Crippen molar-refractivity contribution in [3.05, 3.63) is 54.6 Å². The zero-order valence-corrected chi connectivity index (χ0v) is 19.6. The second-order valence-corrected chi connectivity index (χ2v) is 9.60. The molecule has 0 unspecified atom stereocenters. The number of thioether (sulfide) groups is 1. The lowest BCUT2D eigenvalue weighted by Crippen LogP contribution is -2.35. The molecule has 0 bridgehead atoms. The smallest absolute Gasteiger partial charge is 0.230 e. The normalized spacial score (nSPS) is 18.3. The summed E-state index contributed by atoms with van der Waals surface area (Å²) in [4.78, 5) is 24.8. The SMILES string of the molecule is CN(C)c1nc(NC2CCC(CNC(=O)CSc3ccccc3)CC2)nc2ccccc12. The number of anilines is 2. The lowest BCUT2D eigenvalue weighted by atomic mass is 9.86. The third-order valence-electron chi connectivity index (χ3n) is 5.89. The van der Waals surface area contributed by atoms with Gasteiger partial charge in [-0.25, -0.2) is 4.98 Å². The summed E-state index contributed by atoms with van der Waals surface area (Å²) in [6.45, 7) is 0.762. The molecule has 1 aliphatic carbocycles. The number of carbonyl (C=O) groups excluding carboxylic acids is 1. The summed E-state index contributed by atoms with van der Waals surface area (Å²) >= 11 is 1.58. The molecule has 1 fully saturated rings. The number of hydrogen-bond acceptors (Lipinski definition) is 6. The average molecular weight is 450 g/mol. The van der Waals surface area contributed by atoms with Gasteiger partial charge in [-0.2, -0.15) is 4.98 Å². The van der Waals surface area contributed by atoms with E-state index in [0.29, 0.717) is 23.7 Å². The van der Waals surface area contributed by atoms with Crippen LogP contribution >= 0.6 is 11.8 Å². The van der Waals surface area contributed by atoms with Crippen LogP contribution in [0.4, 0.5) is 11.8 Å². The van der Waals surface area contributed by atoms with Gasteiger partial charge in [0.2, 0.25) is 11.9 Å². The summed E-state index contributed by atoms with van der Waals surface area (Å²) in [5.41, 5.74) is 0.957. The van der Waals surface area contributed by atoms with Crippen LogP contribution in [0.25, 0.3) is 10.9 Å². The Hall–Kier alpha value is -2.80. The highest BCUT2D eigenvalue weighted by Gasteiger charge is 2.22. The fraction of sp³-hybridized carbons (Fsp3) is 0.400. The summed E-state index contributed by atoms with van der Waals surface area (Å²) in [6.07, 6.45) is 4.31. The first kappa shape index (κ1) is 22.4. The van der Waals surface area contributed by atoms with E-state index in [4.69, 9.17) is 9.97 Å². The number of aromatic nitrogens is 2. The van der Waals surface area contributed by atoms with Gasteiger partial charge in [-0.1, -0.05) is 30.3 Å². The van der Waals surface area contributed by atoms with E-state index in [1.54, 1.807) is 11.8 Å². The van der Waals surface area contributed by atoms with E-state index in [1.807, 2.05) is 67.5 Å². The van der Waals surface area contributed by atoms with Crippen molar-refractivity contribution in [3.63, 3.8) is 0 Å². The van der Waals surface area contributed by atoms with Crippen molar-refractivity contribution in [1.29, 1.82) is 0 Å².